The van der Waals surface area contributed by atoms with Crippen LogP contribution in [0.1, 0.15) is 5.56 Å². The summed E-state index contributed by atoms with van der Waals surface area (Å²) in [6, 6.07) is 3.11. The largest absolute Gasteiger partial charge is 0.486 e. The number of benzene rings is 1. The molecule has 2 heterocycles. The van der Waals surface area contributed by atoms with E-state index in [1.54, 1.807) is 0 Å². The molecular formula is C15H19F3N2O3. The Hall–Kier alpha value is -1.51. The first-order chi connectivity index (χ1) is 10.9. The highest BCUT2D eigenvalue weighted by Crippen LogP contribution is 2.38. The van der Waals surface area contributed by atoms with E-state index in [1.165, 1.54) is 6.07 Å². The van der Waals surface area contributed by atoms with E-state index in [4.69, 9.17) is 9.47 Å². The summed E-state index contributed by atoms with van der Waals surface area (Å²) in [5.41, 5.74) is -0.778. The smallest absolute Gasteiger partial charge is 0.416 e. The van der Waals surface area contributed by atoms with Gasteiger partial charge >= 0.3 is 6.18 Å². The van der Waals surface area contributed by atoms with Gasteiger partial charge in [-0.15, -0.1) is 0 Å². The van der Waals surface area contributed by atoms with Crippen molar-refractivity contribution < 1.29 is 27.8 Å². The molecule has 0 bridgehead atoms. The van der Waals surface area contributed by atoms with E-state index in [1.807, 2.05) is 0 Å². The van der Waals surface area contributed by atoms with Gasteiger partial charge in [-0.2, -0.15) is 13.2 Å². The number of nitrogens with one attached hydrogen (secondary N) is 1. The van der Waals surface area contributed by atoms with Crippen molar-refractivity contribution >= 4 is 0 Å². The zero-order valence-electron chi connectivity index (χ0n) is 12.5. The number of halogens is 3. The fourth-order valence-corrected chi connectivity index (χ4v) is 2.73. The van der Waals surface area contributed by atoms with Crippen LogP contribution in [0.4, 0.5) is 13.2 Å². The second-order valence-electron chi connectivity index (χ2n) is 5.74. The summed E-state index contributed by atoms with van der Waals surface area (Å²) >= 11 is 0. The van der Waals surface area contributed by atoms with Crippen LogP contribution >= 0.6 is 0 Å². The van der Waals surface area contributed by atoms with Crippen LogP contribution in [0.5, 0.6) is 11.5 Å². The molecule has 1 aromatic carbocycles. The van der Waals surface area contributed by atoms with Crippen LogP contribution in [0.2, 0.25) is 0 Å². The molecule has 0 amide bonds. The number of hydrogen-bond donors (Lipinski definition) is 2. The molecule has 0 saturated carbocycles. The van der Waals surface area contributed by atoms with Gasteiger partial charge in [0.25, 0.3) is 0 Å². The second kappa shape index (κ2) is 6.54. The predicted molar refractivity (Wildman–Crippen MR) is 76.7 cm³/mol. The van der Waals surface area contributed by atoms with Crippen LogP contribution in [0.15, 0.2) is 18.2 Å². The number of rotatable bonds is 3. The normalized spacial score (nSPS) is 23.6. The van der Waals surface area contributed by atoms with Crippen molar-refractivity contribution in [1.82, 2.24) is 10.2 Å². The van der Waals surface area contributed by atoms with Gasteiger partial charge in [0.2, 0.25) is 0 Å². The van der Waals surface area contributed by atoms with Crippen molar-refractivity contribution in [2.45, 2.75) is 18.4 Å². The molecule has 128 valence electrons. The molecule has 0 aromatic heterocycles. The van der Waals surface area contributed by atoms with Gasteiger partial charge in [0, 0.05) is 32.7 Å². The molecule has 3 rings (SSSR count). The summed E-state index contributed by atoms with van der Waals surface area (Å²) < 4.78 is 49.0. The van der Waals surface area contributed by atoms with Crippen molar-refractivity contribution in [3.63, 3.8) is 0 Å². The maximum atomic E-state index is 12.7. The molecule has 1 saturated heterocycles. The molecule has 2 N–H and O–H groups in total. The molecule has 1 aromatic rings. The van der Waals surface area contributed by atoms with Crippen LogP contribution in [0.3, 0.4) is 0 Å². The molecule has 2 unspecified atom stereocenters. The summed E-state index contributed by atoms with van der Waals surface area (Å²) in [4.78, 5) is 2.12. The lowest BCUT2D eigenvalue weighted by Gasteiger charge is -2.34. The molecular weight excluding hydrogens is 313 g/mol. The van der Waals surface area contributed by atoms with E-state index in [9.17, 15) is 18.3 Å². The van der Waals surface area contributed by atoms with Crippen LogP contribution < -0.4 is 14.8 Å². The fraction of sp³-hybridized carbons (Fsp3) is 0.600. The van der Waals surface area contributed by atoms with Gasteiger partial charge in [-0.3, -0.25) is 4.90 Å². The van der Waals surface area contributed by atoms with Gasteiger partial charge in [0.15, 0.2) is 17.6 Å². The van der Waals surface area contributed by atoms with Crippen molar-refractivity contribution in [3.8, 4) is 11.5 Å². The second-order valence-corrected chi connectivity index (χ2v) is 5.74. The van der Waals surface area contributed by atoms with Crippen molar-refractivity contribution in [1.29, 1.82) is 0 Å². The van der Waals surface area contributed by atoms with Crippen LogP contribution in [0.25, 0.3) is 0 Å². The molecule has 0 aliphatic carbocycles. The Labute approximate surface area is 132 Å². The lowest BCUT2D eigenvalue weighted by atomic mass is 10.1. The third kappa shape index (κ3) is 3.88. The van der Waals surface area contributed by atoms with Crippen LogP contribution in [-0.2, 0) is 6.18 Å². The van der Waals surface area contributed by atoms with E-state index in [0.29, 0.717) is 6.54 Å². The van der Waals surface area contributed by atoms with E-state index in [-0.39, 0.29) is 18.1 Å². The Balaban J connectivity index is 1.63. The highest BCUT2D eigenvalue weighted by Gasteiger charge is 2.34. The minimum absolute atomic E-state index is 0.0293. The first-order valence-corrected chi connectivity index (χ1v) is 7.55. The zero-order valence-corrected chi connectivity index (χ0v) is 12.5. The maximum absolute atomic E-state index is 12.7. The van der Waals surface area contributed by atoms with Gasteiger partial charge in [0.1, 0.15) is 12.7 Å². The lowest BCUT2D eigenvalue weighted by Crippen LogP contribution is -2.51. The summed E-state index contributed by atoms with van der Waals surface area (Å²) in [6.07, 6.45) is -5.77. The zero-order chi connectivity index (χ0) is 16.4. The Morgan fingerprint density at radius 2 is 2.00 bits per heavy atom. The fourth-order valence-electron chi connectivity index (χ4n) is 2.73. The first kappa shape index (κ1) is 16.4. The Morgan fingerprint density at radius 3 is 2.70 bits per heavy atom. The number of ether oxygens (including phenoxy) is 2. The standard InChI is InChI=1S/C15H19F3N2O3/c16-15(17,18)10-1-2-12-13(7-10)22-9-14(23-12)11(21)8-20-5-3-19-4-6-20/h1-2,7,11,14,19,21H,3-6,8-9H2. The number of aliphatic hydroxyl groups is 1. The number of fused-ring (bicyclic) bond motifs is 1. The molecule has 0 spiro atoms. The SMILES string of the molecule is OC(CN1CCNCC1)C1COc2cc(C(F)(F)F)ccc2O1. The molecule has 2 aliphatic heterocycles. The molecule has 0 radical (unpaired) electrons. The van der Waals surface area contributed by atoms with Crippen LogP contribution in [0, 0.1) is 0 Å². The third-order valence-electron chi connectivity index (χ3n) is 4.04. The van der Waals surface area contributed by atoms with Gasteiger partial charge in [0.05, 0.1) is 5.56 Å². The van der Waals surface area contributed by atoms with Crippen molar-refractivity contribution in [2.75, 3.05) is 39.3 Å². The Morgan fingerprint density at radius 1 is 1.26 bits per heavy atom. The summed E-state index contributed by atoms with van der Waals surface area (Å²) in [5.74, 6) is 0.291. The van der Waals surface area contributed by atoms with Gasteiger partial charge in [-0.25, -0.2) is 0 Å². The number of hydrogen-bond acceptors (Lipinski definition) is 5. The van der Waals surface area contributed by atoms with Crippen LogP contribution in [-0.4, -0.2) is 61.5 Å². The molecule has 2 atom stereocenters. The summed E-state index contributed by atoms with van der Waals surface area (Å²) in [7, 11) is 0. The minimum atomic E-state index is -4.42. The lowest BCUT2D eigenvalue weighted by molar-refractivity contribution is -0.137. The maximum Gasteiger partial charge on any atom is 0.416 e. The molecule has 1 fully saturated rings. The Bertz CT molecular complexity index is 547. The number of nitrogens with zero attached hydrogens (tertiary/aromatic N) is 1. The van der Waals surface area contributed by atoms with Gasteiger partial charge in [-0.05, 0) is 18.2 Å². The number of alkyl halides is 3. The minimum Gasteiger partial charge on any atom is -0.486 e. The van der Waals surface area contributed by atoms with E-state index >= 15 is 0 Å². The van der Waals surface area contributed by atoms with Crippen molar-refractivity contribution in [2.24, 2.45) is 0 Å². The molecule has 23 heavy (non-hydrogen) atoms. The summed E-state index contributed by atoms with van der Waals surface area (Å²) in [5, 5.41) is 13.5. The number of β-amino-alcohol motifs (C(OH)–C–C–N with tert-alkyl or cyclic N) is 1. The third-order valence-corrected chi connectivity index (χ3v) is 4.04. The van der Waals surface area contributed by atoms with Crippen molar-refractivity contribution in [3.05, 3.63) is 23.8 Å². The van der Waals surface area contributed by atoms with E-state index in [2.05, 4.69) is 10.2 Å². The molecule has 8 heteroatoms. The quantitative estimate of drug-likeness (QED) is 0.869. The number of aliphatic hydroxyl groups excluding tert-OH is 1. The topological polar surface area (TPSA) is 54.0 Å². The van der Waals surface area contributed by atoms with E-state index in [0.717, 1.165) is 38.3 Å². The summed E-state index contributed by atoms with van der Waals surface area (Å²) in [6.45, 7) is 3.91. The molecule has 5 nitrogen and oxygen atoms in total. The predicted octanol–water partition coefficient (Wildman–Crippen LogP) is 1.11. The highest BCUT2D eigenvalue weighted by atomic mass is 19.4. The number of piperazine rings is 1. The van der Waals surface area contributed by atoms with Gasteiger partial charge in [-0.1, -0.05) is 0 Å². The average Bonchev–Trinajstić information content (AvgIpc) is 2.54. The Kier molecular flexibility index (Phi) is 4.65. The highest BCUT2D eigenvalue weighted by molar-refractivity contribution is 5.45. The monoisotopic (exact) mass is 332 g/mol. The molecule has 2 aliphatic rings. The van der Waals surface area contributed by atoms with Gasteiger partial charge < -0.3 is 19.9 Å². The van der Waals surface area contributed by atoms with E-state index < -0.39 is 23.9 Å². The first-order valence-electron chi connectivity index (χ1n) is 7.55. The average molecular weight is 332 g/mol.